The van der Waals surface area contributed by atoms with Gasteiger partial charge in [0, 0.05) is 12.7 Å². The third kappa shape index (κ3) is 3.30. The minimum absolute atomic E-state index is 0.170. The maximum absolute atomic E-state index is 11.8. The van der Waals surface area contributed by atoms with Gasteiger partial charge >= 0.3 is 0 Å². The van der Waals surface area contributed by atoms with Crippen LogP contribution in [0.5, 0.6) is 5.75 Å². The quantitative estimate of drug-likeness (QED) is 0.632. The predicted molar refractivity (Wildman–Crippen MR) is 104 cm³/mol. The standard InChI is InChI=1S/C21H22N2O4S/c1-14-6-4-5-7-16(14)21(10-11-21)20-22-19(23-27-20)13-15-8-9-18(28(3,24)25)17(12-15)26-2/h4-9,12H,10-11,13H2,1-3H3. The molecule has 1 saturated carbocycles. The summed E-state index contributed by atoms with van der Waals surface area (Å²) in [6, 6.07) is 13.3. The van der Waals surface area contributed by atoms with Gasteiger partial charge in [0.2, 0.25) is 5.89 Å². The van der Waals surface area contributed by atoms with Gasteiger partial charge < -0.3 is 9.26 Å². The lowest BCUT2D eigenvalue weighted by molar-refractivity contribution is 0.355. The van der Waals surface area contributed by atoms with Crippen LogP contribution >= 0.6 is 0 Å². The maximum atomic E-state index is 11.8. The summed E-state index contributed by atoms with van der Waals surface area (Å²) in [7, 11) is -1.89. The Morgan fingerprint density at radius 1 is 1.18 bits per heavy atom. The van der Waals surface area contributed by atoms with E-state index in [-0.39, 0.29) is 10.3 Å². The number of ether oxygens (including phenoxy) is 1. The van der Waals surface area contributed by atoms with E-state index >= 15 is 0 Å². The first kappa shape index (κ1) is 18.7. The average molecular weight is 398 g/mol. The van der Waals surface area contributed by atoms with Crippen LogP contribution < -0.4 is 4.74 Å². The van der Waals surface area contributed by atoms with E-state index in [1.54, 1.807) is 18.2 Å². The molecule has 146 valence electrons. The van der Waals surface area contributed by atoms with Gasteiger partial charge in [-0.3, -0.25) is 0 Å². The summed E-state index contributed by atoms with van der Waals surface area (Å²) < 4.78 is 34.6. The van der Waals surface area contributed by atoms with Gasteiger partial charge in [0.15, 0.2) is 15.7 Å². The highest BCUT2D eigenvalue weighted by molar-refractivity contribution is 7.90. The molecule has 0 bridgehead atoms. The number of methoxy groups -OCH3 is 1. The predicted octanol–water partition coefficient (Wildman–Crippen LogP) is 3.46. The number of hydrogen-bond acceptors (Lipinski definition) is 6. The van der Waals surface area contributed by atoms with Crippen LogP contribution in [0.25, 0.3) is 0 Å². The number of rotatable bonds is 6. The van der Waals surface area contributed by atoms with E-state index < -0.39 is 9.84 Å². The fourth-order valence-electron chi connectivity index (χ4n) is 3.66. The van der Waals surface area contributed by atoms with E-state index in [0.717, 1.165) is 24.7 Å². The Morgan fingerprint density at radius 2 is 1.93 bits per heavy atom. The summed E-state index contributed by atoms with van der Waals surface area (Å²) in [6.45, 7) is 2.10. The summed E-state index contributed by atoms with van der Waals surface area (Å²) in [5.74, 6) is 1.54. The van der Waals surface area contributed by atoms with Crippen molar-refractivity contribution in [3.05, 3.63) is 70.9 Å². The number of hydrogen-bond donors (Lipinski definition) is 0. The third-order valence-corrected chi connectivity index (χ3v) is 6.41. The Hall–Kier alpha value is -2.67. The molecule has 1 aliphatic rings. The van der Waals surface area contributed by atoms with Crippen LogP contribution in [-0.2, 0) is 21.7 Å². The van der Waals surface area contributed by atoms with Crippen LogP contribution in [0.3, 0.4) is 0 Å². The van der Waals surface area contributed by atoms with Crippen LogP contribution in [0.4, 0.5) is 0 Å². The summed E-state index contributed by atoms with van der Waals surface area (Å²) >= 11 is 0. The first-order valence-corrected chi connectivity index (χ1v) is 11.0. The monoisotopic (exact) mass is 398 g/mol. The van der Waals surface area contributed by atoms with Crippen molar-refractivity contribution in [2.45, 2.75) is 36.5 Å². The first-order chi connectivity index (χ1) is 13.3. The van der Waals surface area contributed by atoms with Gasteiger partial charge in [0.25, 0.3) is 0 Å². The molecule has 1 heterocycles. The van der Waals surface area contributed by atoms with Crippen molar-refractivity contribution in [1.29, 1.82) is 0 Å². The zero-order valence-electron chi connectivity index (χ0n) is 16.1. The second kappa shape index (κ2) is 6.74. The Balaban J connectivity index is 1.61. The van der Waals surface area contributed by atoms with E-state index in [1.165, 1.54) is 18.2 Å². The van der Waals surface area contributed by atoms with E-state index in [2.05, 4.69) is 29.2 Å². The molecule has 0 radical (unpaired) electrons. The van der Waals surface area contributed by atoms with Gasteiger partial charge in [0.05, 0.1) is 12.5 Å². The SMILES string of the molecule is COc1cc(Cc2noc(C3(c4ccccc4C)CC3)n2)ccc1S(C)(=O)=O. The van der Waals surface area contributed by atoms with Gasteiger partial charge in [-0.2, -0.15) is 4.98 Å². The Labute approximate surface area is 164 Å². The van der Waals surface area contributed by atoms with Crippen molar-refractivity contribution in [2.24, 2.45) is 0 Å². The molecule has 0 unspecified atom stereocenters. The molecule has 2 aromatic carbocycles. The lowest BCUT2D eigenvalue weighted by Crippen LogP contribution is -2.11. The van der Waals surface area contributed by atoms with Crippen molar-refractivity contribution in [2.75, 3.05) is 13.4 Å². The first-order valence-electron chi connectivity index (χ1n) is 9.10. The van der Waals surface area contributed by atoms with E-state index in [4.69, 9.17) is 9.26 Å². The second-order valence-corrected chi connectivity index (χ2v) is 9.33. The normalized spacial score (nSPS) is 15.4. The second-order valence-electron chi connectivity index (χ2n) is 7.35. The molecule has 3 aromatic rings. The van der Waals surface area contributed by atoms with E-state index in [0.29, 0.717) is 23.9 Å². The van der Waals surface area contributed by atoms with Gasteiger partial charge in [0.1, 0.15) is 10.6 Å². The molecule has 0 spiro atoms. The lowest BCUT2D eigenvalue weighted by Gasteiger charge is -2.13. The minimum Gasteiger partial charge on any atom is -0.495 e. The summed E-state index contributed by atoms with van der Waals surface area (Å²) in [4.78, 5) is 4.82. The molecule has 1 aromatic heterocycles. The third-order valence-electron chi connectivity index (χ3n) is 5.28. The van der Waals surface area contributed by atoms with Crippen molar-refractivity contribution >= 4 is 9.84 Å². The highest BCUT2D eigenvalue weighted by Crippen LogP contribution is 2.53. The maximum Gasteiger partial charge on any atom is 0.237 e. The molecule has 0 amide bonds. The number of sulfone groups is 1. The molecule has 1 fully saturated rings. The highest BCUT2D eigenvalue weighted by Gasteiger charge is 2.51. The fraction of sp³-hybridized carbons (Fsp3) is 0.333. The molecule has 0 saturated heterocycles. The van der Waals surface area contributed by atoms with Crippen molar-refractivity contribution in [3.8, 4) is 5.75 Å². The lowest BCUT2D eigenvalue weighted by atomic mass is 9.92. The molecule has 0 atom stereocenters. The van der Waals surface area contributed by atoms with Crippen LogP contribution in [0.15, 0.2) is 51.9 Å². The topological polar surface area (TPSA) is 82.3 Å². The van der Waals surface area contributed by atoms with Gasteiger partial charge in [-0.15, -0.1) is 0 Å². The zero-order chi connectivity index (χ0) is 19.9. The van der Waals surface area contributed by atoms with Crippen molar-refractivity contribution in [3.63, 3.8) is 0 Å². The van der Waals surface area contributed by atoms with Crippen LogP contribution in [0.2, 0.25) is 0 Å². The minimum atomic E-state index is -3.35. The molecule has 6 nitrogen and oxygen atoms in total. The number of aromatic nitrogens is 2. The summed E-state index contributed by atoms with van der Waals surface area (Å²) in [6.07, 6.45) is 3.59. The van der Waals surface area contributed by atoms with Gasteiger partial charge in [-0.1, -0.05) is 35.5 Å². The largest absolute Gasteiger partial charge is 0.495 e. The van der Waals surface area contributed by atoms with Crippen LogP contribution in [-0.4, -0.2) is 31.9 Å². The van der Waals surface area contributed by atoms with Gasteiger partial charge in [-0.25, -0.2) is 8.42 Å². The molecule has 0 N–H and O–H groups in total. The molecule has 1 aliphatic carbocycles. The van der Waals surface area contributed by atoms with Crippen LogP contribution in [0, 0.1) is 6.92 Å². The highest BCUT2D eigenvalue weighted by atomic mass is 32.2. The summed E-state index contributed by atoms with van der Waals surface area (Å²) in [5.41, 5.74) is 3.15. The van der Waals surface area contributed by atoms with Crippen LogP contribution in [0.1, 0.15) is 41.2 Å². The molecule has 0 aliphatic heterocycles. The Morgan fingerprint density at radius 3 is 2.57 bits per heavy atom. The Kier molecular flexibility index (Phi) is 4.50. The fourth-order valence-corrected chi connectivity index (χ4v) is 4.49. The van der Waals surface area contributed by atoms with Crippen molar-refractivity contribution < 1.29 is 17.7 Å². The summed E-state index contributed by atoms with van der Waals surface area (Å²) in [5, 5.41) is 4.15. The van der Waals surface area contributed by atoms with Gasteiger partial charge in [-0.05, 0) is 48.6 Å². The zero-order valence-corrected chi connectivity index (χ0v) is 16.9. The smallest absolute Gasteiger partial charge is 0.237 e. The molecular formula is C21H22N2O4S. The molecule has 4 rings (SSSR count). The molecule has 28 heavy (non-hydrogen) atoms. The van der Waals surface area contributed by atoms with E-state index in [1.807, 2.05) is 12.1 Å². The van der Waals surface area contributed by atoms with E-state index in [9.17, 15) is 8.42 Å². The number of benzene rings is 2. The number of aryl methyl sites for hydroxylation is 1. The molecule has 7 heteroatoms. The number of nitrogens with zero attached hydrogens (tertiary/aromatic N) is 2. The van der Waals surface area contributed by atoms with Crippen molar-refractivity contribution in [1.82, 2.24) is 10.1 Å². The Bertz CT molecular complexity index is 1130. The average Bonchev–Trinajstić information content (AvgIpc) is 3.33. The molecular weight excluding hydrogens is 376 g/mol.